The number of aromatic nitrogens is 1. The lowest BCUT2D eigenvalue weighted by Gasteiger charge is -2.06. The zero-order valence-corrected chi connectivity index (χ0v) is 11.4. The fourth-order valence-electron chi connectivity index (χ4n) is 2.65. The number of nitrogens with zero attached hydrogens (tertiary/aromatic N) is 1. The SMILES string of the molecule is CCCn1c(C)c(C(C)=O)c2c(C(=O)O)cccc21. The van der Waals surface area contributed by atoms with Gasteiger partial charge in [0.25, 0.3) is 0 Å². The van der Waals surface area contributed by atoms with Crippen LogP contribution in [0, 0.1) is 6.92 Å². The molecule has 0 aliphatic heterocycles. The smallest absolute Gasteiger partial charge is 0.336 e. The van der Waals surface area contributed by atoms with Crippen LogP contribution in [0.1, 0.15) is 46.7 Å². The van der Waals surface area contributed by atoms with Gasteiger partial charge in [0.15, 0.2) is 5.78 Å². The van der Waals surface area contributed by atoms with Gasteiger partial charge < -0.3 is 9.67 Å². The zero-order chi connectivity index (χ0) is 14.2. The number of fused-ring (bicyclic) bond motifs is 1. The molecule has 0 aliphatic carbocycles. The molecular formula is C15H17NO3. The maximum atomic E-state index is 11.9. The molecule has 0 saturated carbocycles. The summed E-state index contributed by atoms with van der Waals surface area (Å²) in [4.78, 5) is 23.2. The van der Waals surface area contributed by atoms with Crippen LogP contribution < -0.4 is 0 Å². The Morgan fingerprint density at radius 1 is 1.32 bits per heavy atom. The Morgan fingerprint density at radius 2 is 2.00 bits per heavy atom. The summed E-state index contributed by atoms with van der Waals surface area (Å²) < 4.78 is 2.03. The predicted molar refractivity (Wildman–Crippen MR) is 73.9 cm³/mol. The van der Waals surface area contributed by atoms with Crippen LogP contribution in [-0.4, -0.2) is 21.4 Å². The molecule has 1 aromatic heterocycles. The molecule has 0 saturated heterocycles. The number of carbonyl (C=O) groups is 2. The summed E-state index contributed by atoms with van der Waals surface area (Å²) in [6.07, 6.45) is 0.930. The molecule has 0 radical (unpaired) electrons. The Balaban J connectivity index is 2.94. The summed E-state index contributed by atoms with van der Waals surface area (Å²) in [5.74, 6) is -1.09. The Kier molecular flexibility index (Phi) is 3.42. The third-order valence-corrected chi connectivity index (χ3v) is 3.38. The van der Waals surface area contributed by atoms with Crippen molar-refractivity contribution in [3.63, 3.8) is 0 Å². The second kappa shape index (κ2) is 4.88. The molecular weight excluding hydrogens is 242 g/mol. The van der Waals surface area contributed by atoms with E-state index in [1.807, 2.05) is 17.6 Å². The van der Waals surface area contributed by atoms with E-state index in [4.69, 9.17) is 0 Å². The first-order valence-corrected chi connectivity index (χ1v) is 6.35. The summed E-state index contributed by atoms with van der Waals surface area (Å²) in [7, 11) is 0. The van der Waals surface area contributed by atoms with Crippen molar-refractivity contribution in [3.05, 3.63) is 35.0 Å². The second-order valence-electron chi connectivity index (χ2n) is 4.67. The highest BCUT2D eigenvalue weighted by atomic mass is 16.4. The number of aromatic carboxylic acids is 1. The summed E-state index contributed by atoms with van der Waals surface area (Å²) >= 11 is 0. The number of benzene rings is 1. The van der Waals surface area contributed by atoms with Crippen molar-refractivity contribution in [1.82, 2.24) is 4.57 Å². The highest BCUT2D eigenvalue weighted by Crippen LogP contribution is 2.29. The van der Waals surface area contributed by atoms with E-state index in [9.17, 15) is 14.7 Å². The van der Waals surface area contributed by atoms with E-state index in [1.54, 1.807) is 12.1 Å². The predicted octanol–water partition coefficient (Wildman–Crippen LogP) is 3.26. The molecule has 4 heteroatoms. The van der Waals surface area contributed by atoms with Gasteiger partial charge in [-0.25, -0.2) is 4.79 Å². The molecule has 0 bridgehead atoms. The van der Waals surface area contributed by atoms with Crippen molar-refractivity contribution in [2.45, 2.75) is 33.7 Å². The fourth-order valence-corrected chi connectivity index (χ4v) is 2.65. The molecule has 100 valence electrons. The molecule has 1 N–H and O–H groups in total. The van der Waals surface area contributed by atoms with Gasteiger partial charge in [0.2, 0.25) is 0 Å². The number of carboxylic acids is 1. The summed E-state index contributed by atoms with van der Waals surface area (Å²) in [5, 5.41) is 9.86. The van der Waals surface area contributed by atoms with Crippen LogP contribution in [0.4, 0.5) is 0 Å². The van der Waals surface area contributed by atoms with E-state index in [0.717, 1.165) is 24.2 Å². The zero-order valence-electron chi connectivity index (χ0n) is 11.4. The van der Waals surface area contributed by atoms with Crippen molar-refractivity contribution in [3.8, 4) is 0 Å². The number of carboxylic acid groups (broad SMARTS) is 1. The maximum absolute atomic E-state index is 11.9. The van der Waals surface area contributed by atoms with Crippen LogP contribution in [0.15, 0.2) is 18.2 Å². The number of hydrogen-bond donors (Lipinski definition) is 1. The minimum absolute atomic E-state index is 0.0916. The largest absolute Gasteiger partial charge is 0.478 e. The van der Waals surface area contributed by atoms with Gasteiger partial charge in [-0.2, -0.15) is 0 Å². The molecule has 1 heterocycles. The van der Waals surface area contributed by atoms with E-state index in [2.05, 4.69) is 6.92 Å². The minimum Gasteiger partial charge on any atom is -0.478 e. The number of carbonyl (C=O) groups excluding carboxylic acids is 1. The number of ketones is 1. The number of Topliss-reactive ketones (excluding diaryl/α,β-unsaturated/α-hetero) is 1. The Labute approximate surface area is 111 Å². The van der Waals surface area contributed by atoms with Gasteiger partial charge in [-0.3, -0.25) is 4.79 Å². The molecule has 0 amide bonds. The van der Waals surface area contributed by atoms with Crippen LogP contribution in [-0.2, 0) is 6.54 Å². The summed E-state index contributed by atoms with van der Waals surface area (Å²) in [6.45, 7) is 6.19. The second-order valence-corrected chi connectivity index (χ2v) is 4.67. The normalized spacial score (nSPS) is 10.9. The Bertz CT molecular complexity index is 668. The molecule has 0 aliphatic rings. The number of rotatable bonds is 4. The third kappa shape index (κ3) is 2.03. The first kappa shape index (κ1) is 13.3. The number of aryl methyl sites for hydroxylation is 1. The van der Waals surface area contributed by atoms with Crippen LogP contribution in [0.25, 0.3) is 10.9 Å². The molecule has 2 rings (SSSR count). The van der Waals surface area contributed by atoms with Gasteiger partial charge in [-0.1, -0.05) is 13.0 Å². The van der Waals surface area contributed by atoms with Gasteiger partial charge in [-0.15, -0.1) is 0 Å². The lowest BCUT2D eigenvalue weighted by molar-refractivity contribution is 0.0699. The van der Waals surface area contributed by atoms with Crippen LogP contribution in [0.3, 0.4) is 0 Å². The van der Waals surface area contributed by atoms with Crippen molar-refractivity contribution < 1.29 is 14.7 Å². The quantitative estimate of drug-likeness (QED) is 0.857. The van der Waals surface area contributed by atoms with E-state index >= 15 is 0 Å². The Morgan fingerprint density at radius 3 is 2.53 bits per heavy atom. The van der Waals surface area contributed by atoms with Crippen molar-refractivity contribution in [2.24, 2.45) is 0 Å². The molecule has 2 aromatic rings. The van der Waals surface area contributed by atoms with Crippen molar-refractivity contribution >= 4 is 22.7 Å². The first-order valence-electron chi connectivity index (χ1n) is 6.35. The summed E-state index contributed by atoms with van der Waals surface area (Å²) in [5.41, 5.74) is 2.39. The fraction of sp³-hybridized carbons (Fsp3) is 0.333. The lowest BCUT2D eigenvalue weighted by Crippen LogP contribution is -2.01. The van der Waals surface area contributed by atoms with Crippen LogP contribution in [0.5, 0.6) is 0 Å². The molecule has 0 fully saturated rings. The van der Waals surface area contributed by atoms with Crippen molar-refractivity contribution in [1.29, 1.82) is 0 Å². The Hall–Kier alpha value is -2.10. The number of hydrogen-bond acceptors (Lipinski definition) is 2. The molecule has 0 spiro atoms. The molecule has 1 aromatic carbocycles. The van der Waals surface area contributed by atoms with E-state index in [0.29, 0.717) is 10.9 Å². The van der Waals surface area contributed by atoms with E-state index in [1.165, 1.54) is 6.92 Å². The molecule has 0 unspecified atom stereocenters. The van der Waals surface area contributed by atoms with E-state index in [-0.39, 0.29) is 11.3 Å². The monoisotopic (exact) mass is 259 g/mol. The van der Waals surface area contributed by atoms with Crippen LogP contribution >= 0.6 is 0 Å². The summed E-state index contributed by atoms with van der Waals surface area (Å²) in [6, 6.07) is 5.14. The van der Waals surface area contributed by atoms with Crippen molar-refractivity contribution in [2.75, 3.05) is 0 Å². The van der Waals surface area contributed by atoms with Gasteiger partial charge in [0.1, 0.15) is 0 Å². The van der Waals surface area contributed by atoms with Gasteiger partial charge in [-0.05, 0) is 32.4 Å². The average Bonchev–Trinajstić information content (AvgIpc) is 2.62. The van der Waals surface area contributed by atoms with Gasteiger partial charge >= 0.3 is 5.97 Å². The third-order valence-electron chi connectivity index (χ3n) is 3.38. The topological polar surface area (TPSA) is 59.3 Å². The highest BCUT2D eigenvalue weighted by Gasteiger charge is 2.21. The van der Waals surface area contributed by atoms with Gasteiger partial charge in [0, 0.05) is 28.7 Å². The average molecular weight is 259 g/mol. The van der Waals surface area contributed by atoms with Gasteiger partial charge in [0.05, 0.1) is 5.56 Å². The standard InChI is InChI=1S/C15H17NO3/c1-4-8-16-9(2)13(10(3)17)14-11(15(18)19)6-5-7-12(14)16/h5-7H,4,8H2,1-3H3,(H,18,19). The maximum Gasteiger partial charge on any atom is 0.336 e. The highest BCUT2D eigenvalue weighted by molar-refractivity contribution is 6.15. The molecule has 4 nitrogen and oxygen atoms in total. The minimum atomic E-state index is -0.998. The first-order chi connectivity index (χ1) is 8.99. The molecule has 19 heavy (non-hydrogen) atoms. The lowest BCUT2D eigenvalue weighted by atomic mass is 10.0. The van der Waals surface area contributed by atoms with E-state index < -0.39 is 5.97 Å². The molecule has 0 atom stereocenters. The van der Waals surface area contributed by atoms with Crippen LogP contribution in [0.2, 0.25) is 0 Å².